The summed E-state index contributed by atoms with van der Waals surface area (Å²) >= 11 is 2.71. The highest BCUT2D eigenvalue weighted by atomic mass is 32.2. The minimum atomic E-state index is -4.72. The molecule has 0 fully saturated rings. The van der Waals surface area contributed by atoms with Gasteiger partial charge in [-0.3, -0.25) is 5.14 Å². The van der Waals surface area contributed by atoms with Crippen LogP contribution in [0.5, 0.6) is 17.2 Å². The maximum Gasteiger partial charge on any atom is 0.573 e. The second-order valence-electron chi connectivity index (χ2n) is 5.59. The number of nitrogens with zero attached hydrogens (tertiary/aromatic N) is 1. The van der Waals surface area contributed by atoms with E-state index in [1.807, 2.05) is 37.4 Å². The molecule has 0 saturated heterocycles. The molecule has 0 saturated carbocycles. The Bertz CT molecular complexity index is 738. The van der Waals surface area contributed by atoms with Crippen molar-refractivity contribution in [1.29, 1.82) is 0 Å². The maximum atomic E-state index is 12.2. The molecule has 0 unspecified atom stereocenters. The van der Waals surface area contributed by atoms with Gasteiger partial charge < -0.3 is 14.4 Å². The third-order valence-corrected chi connectivity index (χ3v) is 4.74. The number of benzene rings is 2. The zero-order chi connectivity index (χ0) is 19.3. The highest BCUT2D eigenvalue weighted by Gasteiger charge is 2.31. The molecule has 2 rings (SSSR count). The van der Waals surface area contributed by atoms with Crippen molar-refractivity contribution in [3.05, 3.63) is 42.0 Å². The quantitative estimate of drug-likeness (QED) is 0.510. The first kappa shape index (κ1) is 20.8. The predicted octanol–water partition coefficient (Wildman–Crippen LogP) is 5.13. The Labute approximate surface area is 159 Å². The second kappa shape index (κ2) is 8.90. The zero-order valence-corrected chi connectivity index (χ0v) is 16.1. The summed E-state index contributed by atoms with van der Waals surface area (Å²) in [6.45, 7) is 0.632. The number of rotatable bonds is 7. The number of hydrogen-bond donors (Lipinski definition) is 1. The molecule has 2 N–H and O–H groups in total. The highest BCUT2D eigenvalue weighted by molar-refractivity contribution is 8.01. The topological polar surface area (TPSA) is 47.7 Å². The SMILES string of the molecule is CSc1cc(Oc2ccc(OC(F)(F)F)cc2)c(CN(C)C)cc1SN. The molecule has 2 aromatic rings. The summed E-state index contributed by atoms with van der Waals surface area (Å²) in [5.74, 6) is 0.753. The molecule has 0 aromatic heterocycles. The van der Waals surface area contributed by atoms with Gasteiger partial charge in [0.2, 0.25) is 0 Å². The van der Waals surface area contributed by atoms with E-state index in [-0.39, 0.29) is 5.75 Å². The van der Waals surface area contributed by atoms with E-state index in [1.165, 1.54) is 36.2 Å². The van der Waals surface area contributed by atoms with E-state index in [0.29, 0.717) is 18.0 Å². The van der Waals surface area contributed by atoms with Gasteiger partial charge in [0.15, 0.2) is 0 Å². The molecule has 4 nitrogen and oxygen atoms in total. The van der Waals surface area contributed by atoms with Crippen molar-refractivity contribution in [2.24, 2.45) is 5.14 Å². The van der Waals surface area contributed by atoms with Crippen LogP contribution < -0.4 is 14.6 Å². The third kappa shape index (κ3) is 6.01. The number of halogens is 3. The van der Waals surface area contributed by atoms with E-state index < -0.39 is 6.36 Å². The molecule has 0 aliphatic heterocycles. The normalized spacial score (nSPS) is 11.7. The van der Waals surface area contributed by atoms with Gasteiger partial charge in [-0.15, -0.1) is 24.9 Å². The van der Waals surface area contributed by atoms with Crippen molar-refractivity contribution >= 4 is 23.7 Å². The van der Waals surface area contributed by atoms with Crippen molar-refractivity contribution in [1.82, 2.24) is 4.90 Å². The summed E-state index contributed by atoms with van der Waals surface area (Å²) in [7, 11) is 3.87. The third-order valence-electron chi connectivity index (χ3n) is 3.25. The van der Waals surface area contributed by atoms with Gasteiger partial charge in [0.1, 0.15) is 17.2 Å². The fourth-order valence-electron chi connectivity index (χ4n) is 2.23. The van der Waals surface area contributed by atoms with Crippen molar-refractivity contribution in [3.8, 4) is 17.2 Å². The number of alkyl halides is 3. The summed E-state index contributed by atoms with van der Waals surface area (Å²) < 4.78 is 46.5. The summed E-state index contributed by atoms with van der Waals surface area (Å²) in [5, 5.41) is 5.74. The Hall–Kier alpha value is -1.55. The molecule has 2 aromatic carbocycles. The van der Waals surface area contributed by atoms with E-state index in [0.717, 1.165) is 15.4 Å². The molecule has 142 valence electrons. The molecule has 0 bridgehead atoms. The Morgan fingerprint density at radius 1 is 1.04 bits per heavy atom. The molecule has 0 aliphatic carbocycles. The summed E-state index contributed by atoms with van der Waals surface area (Å²) in [4.78, 5) is 3.90. The van der Waals surface area contributed by atoms with E-state index in [9.17, 15) is 13.2 Å². The molecule has 0 aliphatic rings. The lowest BCUT2D eigenvalue weighted by Crippen LogP contribution is -2.16. The minimum Gasteiger partial charge on any atom is -0.457 e. The van der Waals surface area contributed by atoms with Gasteiger partial charge in [-0.2, -0.15) is 0 Å². The van der Waals surface area contributed by atoms with Crippen LogP contribution in [0.4, 0.5) is 13.2 Å². The minimum absolute atomic E-state index is 0.293. The average Bonchev–Trinajstić information content (AvgIpc) is 2.55. The van der Waals surface area contributed by atoms with Crippen molar-refractivity contribution in [2.75, 3.05) is 20.4 Å². The standard InChI is InChI=1S/C17H19F3N2O2S2/c1-22(2)10-11-8-16(26-21)15(25-3)9-14(11)23-12-4-6-13(7-5-12)24-17(18,19)20/h4-9H,10,21H2,1-3H3. The number of thioether (sulfide) groups is 1. The maximum absolute atomic E-state index is 12.2. The summed E-state index contributed by atoms with van der Waals surface area (Å²) in [5.41, 5.74) is 0.927. The Kier molecular flexibility index (Phi) is 7.10. The molecule has 0 atom stereocenters. The van der Waals surface area contributed by atoms with E-state index in [2.05, 4.69) is 4.74 Å². The molecular formula is C17H19F3N2O2S2. The van der Waals surface area contributed by atoms with Crippen LogP contribution >= 0.6 is 23.7 Å². The second-order valence-corrected chi connectivity index (χ2v) is 7.11. The molecule has 0 amide bonds. The highest BCUT2D eigenvalue weighted by Crippen LogP contribution is 2.36. The van der Waals surface area contributed by atoms with E-state index in [4.69, 9.17) is 9.88 Å². The lowest BCUT2D eigenvalue weighted by atomic mass is 10.2. The Morgan fingerprint density at radius 3 is 2.15 bits per heavy atom. The molecular weight excluding hydrogens is 385 g/mol. The van der Waals surface area contributed by atoms with Crippen LogP contribution in [-0.2, 0) is 6.54 Å². The first-order valence-electron chi connectivity index (χ1n) is 7.48. The van der Waals surface area contributed by atoms with Gasteiger partial charge in [-0.1, -0.05) is 0 Å². The Balaban J connectivity index is 2.29. The van der Waals surface area contributed by atoms with Gasteiger partial charge in [0, 0.05) is 21.9 Å². The van der Waals surface area contributed by atoms with Crippen LogP contribution in [0.15, 0.2) is 46.2 Å². The van der Waals surface area contributed by atoms with Gasteiger partial charge in [-0.05, 0) is 68.7 Å². The molecule has 0 heterocycles. The predicted molar refractivity (Wildman–Crippen MR) is 98.9 cm³/mol. The number of nitrogens with two attached hydrogens (primary N) is 1. The first-order valence-corrected chi connectivity index (χ1v) is 9.58. The smallest absolute Gasteiger partial charge is 0.457 e. The van der Waals surface area contributed by atoms with Crippen LogP contribution in [0.2, 0.25) is 0 Å². The monoisotopic (exact) mass is 404 g/mol. The number of ether oxygens (including phenoxy) is 2. The molecule has 0 radical (unpaired) electrons. The van der Waals surface area contributed by atoms with Crippen LogP contribution in [0, 0.1) is 0 Å². The molecule has 26 heavy (non-hydrogen) atoms. The van der Waals surface area contributed by atoms with Gasteiger partial charge in [0.05, 0.1) is 0 Å². The zero-order valence-electron chi connectivity index (χ0n) is 14.5. The summed E-state index contributed by atoms with van der Waals surface area (Å²) in [6.07, 6.45) is -2.78. The number of hydrogen-bond acceptors (Lipinski definition) is 6. The Morgan fingerprint density at radius 2 is 1.65 bits per heavy atom. The van der Waals surface area contributed by atoms with Gasteiger partial charge in [-0.25, -0.2) is 0 Å². The first-order chi connectivity index (χ1) is 12.2. The van der Waals surface area contributed by atoms with Crippen molar-refractivity contribution in [3.63, 3.8) is 0 Å². The van der Waals surface area contributed by atoms with Crippen LogP contribution in [-0.4, -0.2) is 31.6 Å². The largest absolute Gasteiger partial charge is 0.573 e. The van der Waals surface area contributed by atoms with Crippen LogP contribution in [0.3, 0.4) is 0 Å². The van der Waals surface area contributed by atoms with E-state index >= 15 is 0 Å². The summed E-state index contributed by atoms with van der Waals surface area (Å²) in [6, 6.07) is 9.16. The molecule has 0 spiro atoms. The van der Waals surface area contributed by atoms with Gasteiger partial charge >= 0.3 is 6.36 Å². The van der Waals surface area contributed by atoms with Crippen LogP contribution in [0.1, 0.15) is 5.56 Å². The molecule has 9 heteroatoms. The lowest BCUT2D eigenvalue weighted by Gasteiger charge is -2.18. The van der Waals surface area contributed by atoms with Crippen molar-refractivity contribution < 1.29 is 22.6 Å². The fourth-order valence-corrected chi connectivity index (χ4v) is 3.50. The lowest BCUT2D eigenvalue weighted by molar-refractivity contribution is -0.274. The van der Waals surface area contributed by atoms with Crippen molar-refractivity contribution in [2.45, 2.75) is 22.7 Å². The fraction of sp³-hybridized carbons (Fsp3) is 0.294. The average molecular weight is 404 g/mol. The van der Waals surface area contributed by atoms with E-state index in [1.54, 1.807) is 11.8 Å². The van der Waals surface area contributed by atoms with Gasteiger partial charge in [0.25, 0.3) is 0 Å². The van der Waals surface area contributed by atoms with Crippen LogP contribution in [0.25, 0.3) is 0 Å².